The van der Waals surface area contributed by atoms with Gasteiger partial charge in [0, 0.05) is 24.7 Å². The van der Waals surface area contributed by atoms with Crippen molar-refractivity contribution >= 4 is 5.96 Å². The highest BCUT2D eigenvalue weighted by molar-refractivity contribution is 5.80. The number of para-hydroxylation sites is 1. The van der Waals surface area contributed by atoms with Crippen molar-refractivity contribution in [2.45, 2.75) is 19.0 Å². The first kappa shape index (κ1) is 16.1. The summed E-state index contributed by atoms with van der Waals surface area (Å²) in [5.74, 6) is 1.69. The first-order chi connectivity index (χ1) is 11.9. The Kier molecular flexibility index (Phi) is 5.45. The van der Waals surface area contributed by atoms with Crippen molar-refractivity contribution in [1.82, 2.24) is 15.6 Å². The minimum atomic E-state index is 0.176. The van der Waals surface area contributed by atoms with Crippen LogP contribution < -0.4 is 15.4 Å². The Labute approximate surface area is 142 Å². The van der Waals surface area contributed by atoms with E-state index in [2.05, 4.69) is 33.3 Å². The Morgan fingerprint density at radius 1 is 1.29 bits per heavy atom. The molecule has 1 aliphatic rings. The van der Waals surface area contributed by atoms with E-state index in [1.807, 2.05) is 42.5 Å². The third kappa shape index (κ3) is 4.13. The van der Waals surface area contributed by atoms with Crippen LogP contribution in [0.3, 0.4) is 0 Å². The maximum atomic E-state index is 5.72. The molecule has 124 valence electrons. The second-order valence-corrected chi connectivity index (χ2v) is 5.53. The lowest BCUT2D eigenvalue weighted by Gasteiger charge is -2.28. The number of rotatable bonds is 5. The smallest absolute Gasteiger partial charge is 0.192 e. The fourth-order valence-electron chi connectivity index (χ4n) is 2.63. The third-order valence-electron chi connectivity index (χ3n) is 3.81. The van der Waals surface area contributed by atoms with Crippen molar-refractivity contribution in [3.8, 4) is 5.75 Å². The SMILES string of the molecule is C=CCNC(=NCc1ccccn1)N[C@@H]1CCOc2ccccc21. The zero-order valence-electron chi connectivity index (χ0n) is 13.6. The number of aromatic nitrogens is 1. The van der Waals surface area contributed by atoms with Crippen molar-refractivity contribution in [1.29, 1.82) is 0 Å². The zero-order valence-corrected chi connectivity index (χ0v) is 13.6. The van der Waals surface area contributed by atoms with Gasteiger partial charge in [-0.3, -0.25) is 4.98 Å². The Bertz CT molecular complexity index is 700. The van der Waals surface area contributed by atoms with E-state index in [1.54, 1.807) is 6.20 Å². The van der Waals surface area contributed by atoms with E-state index in [1.165, 1.54) is 0 Å². The molecule has 0 aliphatic carbocycles. The molecule has 0 saturated heterocycles. The van der Waals surface area contributed by atoms with Gasteiger partial charge >= 0.3 is 0 Å². The Hall–Kier alpha value is -2.82. The fourth-order valence-corrected chi connectivity index (χ4v) is 2.63. The lowest BCUT2D eigenvalue weighted by atomic mass is 10.0. The molecule has 0 radical (unpaired) electrons. The highest BCUT2D eigenvalue weighted by Gasteiger charge is 2.21. The quantitative estimate of drug-likeness (QED) is 0.505. The first-order valence-electron chi connectivity index (χ1n) is 8.14. The average molecular weight is 322 g/mol. The Morgan fingerprint density at radius 2 is 2.17 bits per heavy atom. The second kappa shape index (κ2) is 8.15. The van der Waals surface area contributed by atoms with E-state index in [4.69, 9.17) is 4.74 Å². The number of guanidine groups is 1. The fraction of sp³-hybridized carbons (Fsp3) is 0.263. The molecule has 5 heteroatoms. The standard InChI is InChI=1S/C19H22N4O/c1-2-11-21-19(22-14-15-7-5-6-12-20-15)23-17-10-13-24-18-9-4-3-8-16(17)18/h2-9,12,17H,1,10-11,13-14H2,(H2,21,22,23)/t17-/m1/s1. The molecule has 0 unspecified atom stereocenters. The van der Waals surface area contributed by atoms with Crippen LogP contribution in [-0.2, 0) is 6.54 Å². The van der Waals surface area contributed by atoms with Gasteiger partial charge in [0.05, 0.1) is 24.9 Å². The Balaban J connectivity index is 1.74. The summed E-state index contributed by atoms with van der Waals surface area (Å²) >= 11 is 0. The number of pyridine rings is 1. The molecule has 1 aromatic heterocycles. The number of ether oxygens (including phenoxy) is 1. The molecule has 0 amide bonds. The van der Waals surface area contributed by atoms with E-state index >= 15 is 0 Å². The van der Waals surface area contributed by atoms with Gasteiger partial charge in [-0.25, -0.2) is 4.99 Å². The van der Waals surface area contributed by atoms with Gasteiger partial charge in [0.2, 0.25) is 0 Å². The number of hydrogen-bond donors (Lipinski definition) is 2. The maximum Gasteiger partial charge on any atom is 0.192 e. The number of hydrogen-bond acceptors (Lipinski definition) is 3. The van der Waals surface area contributed by atoms with Crippen molar-refractivity contribution in [2.75, 3.05) is 13.2 Å². The molecule has 0 fully saturated rings. The van der Waals surface area contributed by atoms with Crippen LogP contribution >= 0.6 is 0 Å². The van der Waals surface area contributed by atoms with E-state index in [-0.39, 0.29) is 6.04 Å². The maximum absolute atomic E-state index is 5.72. The van der Waals surface area contributed by atoms with E-state index in [0.29, 0.717) is 19.7 Å². The number of aliphatic imine (C=N–C) groups is 1. The van der Waals surface area contributed by atoms with Crippen LogP contribution in [0, 0.1) is 0 Å². The number of nitrogens with zero attached hydrogens (tertiary/aromatic N) is 2. The molecule has 5 nitrogen and oxygen atoms in total. The van der Waals surface area contributed by atoms with Crippen molar-refractivity contribution in [3.63, 3.8) is 0 Å². The van der Waals surface area contributed by atoms with E-state index < -0.39 is 0 Å². The molecule has 2 N–H and O–H groups in total. The van der Waals surface area contributed by atoms with Gasteiger partial charge in [-0.1, -0.05) is 30.3 Å². The second-order valence-electron chi connectivity index (χ2n) is 5.53. The summed E-state index contributed by atoms with van der Waals surface area (Å²) < 4.78 is 5.72. The zero-order chi connectivity index (χ0) is 16.6. The van der Waals surface area contributed by atoms with Crippen molar-refractivity contribution < 1.29 is 4.74 Å². The first-order valence-corrected chi connectivity index (χ1v) is 8.14. The van der Waals surface area contributed by atoms with Gasteiger partial charge in [0.15, 0.2) is 5.96 Å². The highest BCUT2D eigenvalue weighted by Crippen LogP contribution is 2.31. The molecular formula is C19H22N4O. The van der Waals surface area contributed by atoms with Crippen LogP contribution in [0.15, 0.2) is 66.3 Å². The molecule has 2 heterocycles. The minimum absolute atomic E-state index is 0.176. The molecule has 0 bridgehead atoms. The van der Waals surface area contributed by atoms with Gasteiger partial charge in [0.1, 0.15) is 5.75 Å². The molecule has 3 rings (SSSR count). The molecule has 1 aliphatic heterocycles. The number of benzene rings is 1. The summed E-state index contributed by atoms with van der Waals surface area (Å²) in [7, 11) is 0. The largest absolute Gasteiger partial charge is 0.493 e. The normalized spacial score (nSPS) is 16.7. The van der Waals surface area contributed by atoms with Crippen LogP contribution in [0.2, 0.25) is 0 Å². The van der Waals surface area contributed by atoms with Crippen LogP contribution in [-0.4, -0.2) is 24.1 Å². The van der Waals surface area contributed by atoms with Crippen LogP contribution in [0.4, 0.5) is 0 Å². The summed E-state index contributed by atoms with van der Waals surface area (Å²) in [5, 5.41) is 6.77. The monoisotopic (exact) mass is 322 g/mol. The van der Waals surface area contributed by atoms with Crippen molar-refractivity contribution in [3.05, 3.63) is 72.6 Å². The van der Waals surface area contributed by atoms with Gasteiger partial charge in [0.25, 0.3) is 0 Å². The molecule has 2 aromatic rings. The molecule has 24 heavy (non-hydrogen) atoms. The van der Waals surface area contributed by atoms with E-state index in [0.717, 1.165) is 29.4 Å². The lowest BCUT2D eigenvalue weighted by molar-refractivity contribution is 0.261. The predicted molar refractivity (Wildman–Crippen MR) is 96.0 cm³/mol. The van der Waals surface area contributed by atoms with Gasteiger partial charge in [-0.05, 0) is 18.2 Å². The number of fused-ring (bicyclic) bond motifs is 1. The summed E-state index contributed by atoms with van der Waals surface area (Å²) in [6.45, 7) is 5.63. The van der Waals surface area contributed by atoms with Crippen LogP contribution in [0.1, 0.15) is 23.7 Å². The average Bonchev–Trinajstić information content (AvgIpc) is 2.65. The summed E-state index contributed by atoms with van der Waals surface area (Å²) in [4.78, 5) is 8.95. The van der Waals surface area contributed by atoms with Crippen molar-refractivity contribution in [2.24, 2.45) is 4.99 Å². The van der Waals surface area contributed by atoms with Crippen LogP contribution in [0.5, 0.6) is 5.75 Å². The molecule has 1 atom stereocenters. The van der Waals surface area contributed by atoms with Gasteiger partial charge in [-0.15, -0.1) is 6.58 Å². The minimum Gasteiger partial charge on any atom is -0.493 e. The molecular weight excluding hydrogens is 300 g/mol. The highest BCUT2D eigenvalue weighted by atomic mass is 16.5. The van der Waals surface area contributed by atoms with Gasteiger partial charge < -0.3 is 15.4 Å². The third-order valence-corrected chi connectivity index (χ3v) is 3.81. The molecule has 0 saturated carbocycles. The van der Waals surface area contributed by atoms with Crippen LogP contribution in [0.25, 0.3) is 0 Å². The summed E-state index contributed by atoms with van der Waals surface area (Å²) in [5.41, 5.74) is 2.10. The molecule has 1 aromatic carbocycles. The Morgan fingerprint density at radius 3 is 3.00 bits per heavy atom. The summed E-state index contributed by atoms with van der Waals surface area (Å²) in [6.07, 6.45) is 4.50. The summed E-state index contributed by atoms with van der Waals surface area (Å²) in [6, 6.07) is 14.1. The predicted octanol–water partition coefficient (Wildman–Crippen LogP) is 2.83. The topological polar surface area (TPSA) is 58.5 Å². The van der Waals surface area contributed by atoms with E-state index in [9.17, 15) is 0 Å². The lowest BCUT2D eigenvalue weighted by Crippen LogP contribution is -2.41. The number of nitrogens with one attached hydrogen (secondary N) is 2. The molecule has 0 spiro atoms. The van der Waals surface area contributed by atoms with Gasteiger partial charge in [-0.2, -0.15) is 0 Å².